The fraction of sp³-hybridized carbons (Fsp3) is 0.667. The van der Waals surface area contributed by atoms with Gasteiger partial charge in [0.15, 0.2) is 0 Å². The third kappa shape index (κ3) is 5.00. The maximum Gasteiger partial charge on any atom is 0.242 e. The summed E-state index contributed by atoms with van der Waals surface area (Å²) in [4.78, 5) is 30.5. The molecule has 0 unspecified atom stereocenters. The first-order chi connectivity index (χ1) is 14.6. The predicted molar refractivity (Wildman–Crippen MR) is 119 cm³/mol. The van der Waals surface area contributed by atoms with Gasteiger partial charge in [-0.05, 0) is 69.3 Å². The van der Waals surface area contributed by atoms with Gasteiger partial charge in [0.05, 0.1) is 6.04 Å². The molecular formula is C24H34ClN3O2. The quantitative estimate of drug-likeness (QED) is 0.735. The van der Waals surface area contributed by atoms with Crippen molar-refractivity contribution in [3.05, 3.63) is 34.9 Å². The SMILES string of the molecule is O=C(NC[C@@H](c1cccc(Cl)c1)N1CCCC1)[C@H]1CCCN1C(=O)C1CCCCC1. The number of carbonyl (C=O) groups is 2. The zero-order valence-corrected chi connectivity index (χ0v) is 18.6. The molecule has 2 amide bonds. The first kappa shape index (κ1) is 21.6. The van der Waals surface area contributed by atoms with Crippen LogP contribution < -0.4 is 5.32 Å². The number of benzene rings is 1. The van der Waals surface area contributed by atoms with Crippen molar-refractivity contribution in [2.75, 3.05) is 26.2 Å². The van der Waals surface area contributed by atoms with Gasteiger partial charge in [0.1, 0.15) is 6.04 Å². The van der Waals surface area contributed by atoms with Crippen molar-refractivity contribution in [1.29, 1.82) is 0 Å². The van der Waals surface area contributed by atoms with Crippen LogP contribution in [0.15, 0.2) is 24.3 Å². The summed E-state index contributed by atoms with van der Waals surface area (Å²) in [5.41, 5.74) is 1.14. The summed E-state index contributed by atoms with van der Waals surface area (Å²) in [6, 6.07) is 7.78. The van der Waals surface area contributed by atoms with Crippen molar-refractivity contribution in [1.82, 2.24) is 15.1 Å². The minimum absolute atomic E-state index is 0.00267. The molecule has 1 aromatic carbocycles. The van der Waals surface area contributed by atoms with Crippen molar-refractivity contribution in [2.24, 2.45) is 5.92 Å². The molecule has 164 valence electrons. The van der Waals surface area contributed by atoms with E-state index in [0.29, 0.717) is 6.54 Å². The highest BCUT2D eigenvalue weighted by Gasteiger charge is 2.37. The Balaban J connectivity index is 1.40. The third-order valence-corrected chi connectivity index (χ3v) is 7.31. The lowest BCUT2D eigenvalue weighted by Gasteiger charge is -2.32. The van der Waals surface area contributed by atoms with Gasteiger partial charge in [-0.3, -0.25) is 14.5 Å². The van der Waals surface area contributed by atoms with Crippen molar-refractivity contribution in [2.45, 2.75) is 69.9 Å². The van der Waals surface area contributed by atoms with Crippen LogP contribution in [0.5, 0.6) is 0 Å². The van der Waals surface area contributed by atoms with Crippen molar-refractivity contribution < 1.29 is 9.59 Å². The average molecular weight is 432 g/mol. The fourth-order valence-corrected chi connectivity index (χ4v) is 5.63. The summed E-state index contributed by atoms with van der Waals surface area (Å²) >= 11 is 6.24. The number of hydrogen-bond acceptors (Lipinski definition) is 3. The lowest BCUT2D eigenvalue weighted by Crippen LogP contribution is -2.49. The van der Waals surface area contributed by atoms with Crippen molar-refractivity contribution in [3.63, 3.8) is 0 Å². The Morgan fingerprint density at radius 2 is 1.77 bits per heavy atom. The van der Waals surface area contributed by atoms with Gasteiger partial charge in [0, 0.05) is 24.0 Å². The Morgan fingerprint density at radius 3 is 2.50 bits per heavy atom. The molecular weight excluding hydrogens is 398 g/mol. The molecule has 1 saturated carbocycles. The Kier molecular flexibility index (Phi) is 7.32. The van der Waals surface area contributed by atoms with Crippen LogP contribution in [0.3, 0.4) is 0 Å². The van der Waals surface area contributed by atoms with Crippen LogP contribution in [-0.4, -0.2) is 53.8 Å². The Morgan fingerprint density at radius 1 is 1.00 bits per heavy atom. The lowest BCUT2D eigenvalue weighted by atomic mass is 9.88. The molecule has 0 spiro atoms. The molecule has 6 heteroatoms. The Labute approximate surface area is 185 Å². The molecule has 3 fully saturated rings. The standard InChI is InChI=1S/C24H34ClN3O2/c25-20-11-6-10-19(16-20)22(27-13-4-5-14-27)17-26-23(29)21-12-7-15-28(21)24(30)18-8-2-1-3-9-18/h6,10-11,16,18,21-22H,1-5,7-9,12-15,17H2,(H,26,29)/t21-,22+/m1/s1. The van der Waals surface area contributed by atoms with Gasteiger partial charge in [-0.1, -0.05) is 43.0 Å². The summed E-state index contributed by atoms with van der Waals surface area (Å²) < 4.78 is 0. The fourth-order valence-electron chi connectivity index (χ4n) is 5.43. The van der Waals surface area contributed by atoms with Gasteiger partial charge < -0.3 is 10.2 Å². The van der Waals surface area contributed by atoms with Gasteiger partial charge in [-0.15, -0.1) is 0 Å². The van der Waals surface area contributed by atoms with E-state index >= 15 is 0 Å². The Hall–Kier alpha value is -1.59. The molecule has 1 aromatic rings. The molecule has 5 nitrogen and oxygen atoms in total. The molecule has 2 heterocycles. The summed E-state index contributed by atoms with van der Waals surface area (Å²) in [6.45, 7) is 3.37. The van der Waals surface area contributed by atoms with E-state index < -0.39 is 0 Å². The van der Waals surface area contributed by atoms with Crippen LogP contribution in [0.1, 0.15) is 69.4 Å². The molecule has 3 aliphatic rings. The molecule has 4 rings (SSSR count). The summed E-state index contributed by atoms with van der Waals surface area (Å²) in [7, 11) is 0. The van der Waals surface area contributed by atoms with E-state index in [4.69, 9.17) is 11.6 Å². The van der Waals surface area contributed by atoms with E-state index in [1.807, 2.05) is 23.1 Å². The van der Waals surface area contributed by atoms with Gasteiger partial charge in [-0.25, -0.2) is 0 Å². The largest absolute Gasteiger partial charge is 0.352 e. The monoisotopic (exact) mass is 431 g/mol. The van der Waals surface area contributed by atoms with Crippen LogP contribution >= 0.6 is 11.6 Å². The van der Waals surface area contributed by atoms with Crippen molar-refractivity contribution >= 4 is 23.4 Å². The molecule has 2 aliphatic heterocycles. The minimum atomic E-state index is -0.307. The van der Waals surface area contributed by atoms with E-state index in [1.54, 1.807) is 0 Å². The maximum absolute atomic E-state index is 13.1. The van der Waals surface area contributed by atoms with Gasteiger partial charge in [0.2, 0.25) is 11.8 Å². The number of likely N-dealkylation sites (tertiary alicyclic amines) is 2. The molecule has 0 radical (unpaired) electrons. The van der Waals surface area contributed by atoms with E-state index in [-0.39, 0.29) is 29.8 Å². The second-order valence-corrected chi connectivity index (χ2v) is 9.52. The summed E-state index contributed by atoms with van der Waals surface area (Å²) in [6.07, 6.45) is 9.54. The van der Waals surface area contributed by atoms with Crippen LogP contribution in [0.2, 0.25) is 5.02 Å². The number of nitrogens with zero attached hydrogens (tertiary/aromatic N) is 2. The molecule has 0 bridgehead atoms. The lowest BCUT2D eigenvalue weighted by molar-refractivity contribution is -0.142. The highest BCUT2D eigenvalue weighted by Crippen LogP contribution is 2.30. The number of amides is 2. The van der Waals surface area contributed by atoms with Crippen LogP contribution in [-0.2, 0) is 9.59 Å². The first-order valence-electron chi connectivity index (χ1n) is 11.7. The normalized spacial score (nSPS) is 24.2. The van der Waals surface area contributed by atoms with Crippen LogP contribution in [0, 0.1) is 5.92 Å². The third-order valence-electron chi connectivity index (χ3n) is 7.08. The predicted octanol–water partition coefficient (Wildman–Crippen LogP) is 4.16. The summed E-state index contributed by atoms with van der Waals surface area (Å²) in [5.74, 6) is 0.331. The summed E-state index contributed by atoms with van der Waals surface area (Å²) in [5, 5.41) is 3.91. The van der Waals surface area contributed by atoms with Gasteiger partial charge in [-0.2, -0.15) is 0 Å². The molecule has 1 aliphatic carbocycles. The average Bonchev–Trinajstić information content (AvgIpc) is 3.46. The van der Waals surface area contributed by atoms with Crippen LogP contribution in [0.4, 0.5) is 0 Å². The molecule has 1 N–H and O–H groups in total. The Bertz CT molecular complexity index is 744. The molecule has 2 atom stereocenters. The highest BCUT2D eigenvalue weighted by molar-refractivity contribution is 6.30. The van der Waals surface area contributed by atoms with Gasteiger partial charge >= 0.3 is 0 Å². The number of nitrogens with one attached hydrogen (secondary N) is 1. The van der Waals surface area contributed by atoms with Crippen LogP contribution in [0.25, 0.3) is 0 Å². The zero-order valence-electron chi connectivity index (χ0n) is 17.8. The molecule has 0 aromatic heterocycles. The van der Waals surface area contributed by atoms with E-state index in [9.17, 15) is 9.59 Å². The number of halogens is 1. The minimum Gasteiger partial charge on any atom is -0.352 e. The number of carbonyl (C=O) groups excluding carboxylic acids is 2. The van der Waals surface area contributed by atoms with Gasteiger partial charge in [0.25, 0.3) is 0 Å². The number of hydrogen-bond donors (Lipinski definition) is 1. The second-order valence-electron chi connectivity index (χ2n) is 9.08. The van der Waals surface area contributed by atoms with E-state index in [1.165, 1.54) is 19.3 Å². The molecule has 2 saturated heterocycles. The highest BCUT2D eigenvalue weighted by atomic mass is 35.5. The zero-order chi connectivity index (χ0) is 20.9. The molecule has 30 heavy (non-hydrogen) atoms. The topological polar surface area (TPSA) is 52.7 Å². The maximum atomic E-state index is 13.1. The number of rotatable bonds is 6. The first-order valence-corrected chi connectivity index (χ1v) is 12.1. The van der Waals surface area contributed by atoms with E-state index in [0.717, 1.165) is 68.7 Å². The second kappa shape index (κ2) is 10.1. The smallest absolute Gasteiger partial charge is 0.242 e. The van der Waals surface area contributed by atoms with Crippen molar-refractivity contribution in [3.8, 4) is 0 Å². The van der Waals surface area contributed by atoms with E-state index in [2.05, 4.69) is 16.3 Å².